The lowest BCUT2D eigenvalue weighted by atomic mass is 10.0. The molecule has 128 valence electrons. The minimum Gasteiger partial charge on any atom is -0.320 e. The number of hydrogen-bond donors (Lipinski definition) is 1. The van der Waals surface area contributed by atoms with Crippen molar-refractivity contribution in [3.8, 4) is 0 Å². The summed E-state index contributed by atoms with van der Waals surface area (Å²) in [4.78, 5) is 29.8. The Bertz CT molecular complexity index is 1010. The minimum absolute atomic E-state index is 0.0834. The zero-order valence-corrected chi connectivity index (χ0v) is 14.9. The summed E-state index contributed by atoms with van der Waals surface area (Å²) in [5, 5.41) is 2.86. The van der Waals surface area contributed by atoms with Crippen LogP contribution in [0.25, 0.3) is 11.0 Å². The molecule has 0 saturated carbocycles. The first-order valence-corrected chi connectivity index (χ1v) is 8.31. The molecule has 0 unspecified atom stereocenters. The van der Waals surface area contributed by atoms with Crippen molar-refractivity contribution in [2.75, 3.05) is 5.32 Å². The predicted molar refractivity (Wildman–Crippen MR) is 100 cm³/mol. The number of anilines is 1. The Hall–Kier alpha value is -2.95. The van der Waals surface area contributed by atoms with Crippen molar-refractivity contribution in [1.29, 1.82) is 0 Å². The summed E-state index contributed by atoms with van der Waals surface area (Å²) in [5.41, 5.74) is 4.69. The number of amides is 1. The van der Waals surface area contributed by atoms with Crippen molar-refractivity contribution in [3.63, 3.8) is 0 Å². The standard InChI is InChI=1S/C20H21N3O2/c1-5-23-16-9-7-6-8-15(16)21-18(20(23)25)19(24)22-17-13(3)10-12(2)11-14(17)4/h6-11H,5H2,1-4H3,(H,22,24). The molecule has 1 aromatic heterocycles. The predicted octanol–water partition coefficient (Wildman–Crippen LogP) is 3.59. The molecule has 0 bridgehead atoms. The van der Waals surface area contributed by atoms with Gasteiger partial charge in [0.2, 0.25) is 0 Å². The van der Waals surface area contributed by atoms with E-state index in [1.165, 1.54) is 0 Å². The van der Waals surface area contributed by atoms with E-state index in [0.717, 1.165) is 27.9 Å². The highest BCUT2D eigenvalue weighted by molar-refractivity contribution is 6.04. The monoisotopic (exact) mass is 335 g/mol. The summed E-state index contributed by atoms with van der Waals surface area (Å²) in [6.07, 6.45) is 0. The molecule has 0 spiro atoms. The SMILES string of the molecule is CCn1c(=O)c(C(=O)Nc2c(C)cc(C)cc2C)nc2ccccc21. The Morgan fingerprint density at radius 3 is 2.40 bits per heavy atom. The maximum atomic E-state index is 12.7. The van der Waals surface area contributed by atoms with E-state index in [4.69, 9.17) is 0 Å². The summed E-state index contributed by atoms with van der Waals surface area (Å²) in [7, 11) is 0. The lowest BCUT2D eigenvalue weighted by molar-refractivity contribution is 0.102. The second-order valence-corrected chi connectivity index (χ2v) is 6.23. The normalized spacial score (nSPS) is 10.9. The van der Waals surface area contributed by atoms with E-state index in [2.05, 4.69) is 10.3 Å². The highest BCUT2D eigenvalue weighted by atomic mass is 16.2. The number of carbonyl (C=O) groups excluding carboxylic acids is 1. The molecule has 0 saturated heterocycles. The Kier molecular flexibility index (Phi) is 4.40. The number of aromatic nitrogens is 2. The summed E-state index contributed by atoms with van der Waals surface area (Å²) >= 11 is 0. The zero-order valence-electron chi connectivity index (χ0n) is 14.9. The van der Waals surface area contributed by atoms with Gasteiger partial charge in [-0.25, -0.2) is 4.98 Å². The lowest BCUT2D eigenvalue weighted by Crippen LogP contribution is -2.31. The molecule has 3 aromatic rings. The quantitative estimate of drug-likeness (QED) is 0.795. The number of fused-ring (bicyclic) bond motifs is 1. The van der Waals surface area contributed by atoms with Crippen LogP contribution in [-0.2, 0) is 6.54 Å². The highest BCUT2D eigenvalue weighted by Gasteiger charge is 2.18. The first-order chi connectivity index (χ1) is 11.9. The van der Waals surface area contributed by atoms with Gasteiger partial charge in [0.05, 0.1) is 11.0 Å². The molecule has 25 heavy (non-hydrogen) atoms. The van der Waals surface area contributed by atoms with Gasteiger partial charge in [-0.3, -0.25) is 9.59 Å². The molecule has 5 heteroatoms. The number of rotatable bonds is 3. The molecule has 1 heterocycles. The fraction of sp³-hybridized carbons (Fsp3) is 0.250. The molecule has 3 rings (SSSR count). The fourth-order valence-electron chi connectivity index (χ4n) is 3.20. The van der Waals surface area contributed by atoms with E-state index in [0.29, 0.717) is 12.1 Å². The van der Waals surface area contributed by atoms with Gasteiger partial charge in [0.25, 0.3) is 11.5 Å². The number of aryl methyl sites for hydroxylation is 4. The summed E-state index contributed by atoms with van der Waals surface area (Å²) in [6.45, 7) is 8.24. The maximum Gasteiger partial charge on any atom is 0.282 e. The van der Waals surface area contributed by atoms with Crippen LogP contribution < -0.4 is 10.9 Å². The van der Waals surface area contributed by atoms with Crippen LogP contribution in [-0.4, -0.2) is 15.5 Å². The van der Waals surface area contributed by atoms with Crippen LogP contribution in [0.2, 0.25) is 0 Å². The molecule has 1 N–H and O–H groups in total. The van der Waals surface area contributed by atoms with E-state index in [1.807, 2.05) is 58.0 Å². The van der Waals surface area contributed by atoms with Gasteiger partial charge in [0.1, 0.15) is 0 Å². The minimum atomic E-state index is -0.479. The van der Waals surface area contributed by atoms with Crippen molar-refractivity contribution in [2.24, 2.45) is 0 Å². The Labute approximate surface area is 146 Å². The van der Waals surface area contributed by atoms with Crippen LogP contribution in [0, 0.1) is 20.8 Å². The molecule has 0 radical (unpaired) electrons. The van der Waals surface area contributed by atoms with Gasteiger partial charge in [-0.05, 0) is 51.0 Å². The molecule has 1 amide bonds. The zero-order chi connectivity index (χ0) is 18.1. The molecule has 0 atom stereocenters. The number of carbonyl (C=O) groups is 1. The van der Waals surface area contributed by atoms with Crippen molar-refractivity contribution < 1.29 is 4.79 Å². The fourth-order valence-corrected chi connectivity index (χ4v) is 3.20. The molecule has 0 aliphatic heterocycles. The van der Waals surface area contributed by atoms with Crippen LogP contribution in [0.15, 0.2) is 41.2 Å². The Morgan fingerprint density at radius 1 is 1.12 bits per heavy atom. The largest absolute Gasteiger partial charge is 0.320 e. The second-order valence-electron chi connectivity index (χ2n) is 6.23. The summed E-state index contributed by atoms with van der Waals surface area (Å²) in [6, 6.07) is 11.3. The molecule has 0 fully saturated rings. The smallest absolute Gasteiger partial charge is 0.282 e. The number of nitrogens with one attached hydrogen (secondary N) is 1. The summed E-state index contributed by atoms with van der Waals surface area (Å²) < 4.78 is 1.58. The number of nitrogens with zero attached hydrogens (tertiary/aromatic N) is 2. The van der Waals surface area contributed by atoms with Gasteiger partial charge < -0.3 is 9.88 Å². The summed E-state index contributed by atoms with van der Waals surface area (Å²) in [5.74, 6) is -0.479. The Morgan fingerprint density at radius 2 is 1.76 bits per heavy atom. The molecule has 5 nitrogen and oxygen atoms in total. The van der Waals surface area contributed by atoms with Crippen LogP contribution in [0.1, 0.15) is 34.1 Å². The van der Waals surface area contributed by atoms with Crippen LogP contribution in [0.5, 0.6) is 0 Å². The van der Waals surface area contributed by atoms with Gasteiger partial charge in [-0.15, -0.1) is 0 Å². The maximum absolute atomic E-state index is 12.7. The number of benzene rings is 2. The van der Waals surface area contributed by atoms with Crippen molar-refractivity contribution >= 4 is 22.6 Å². The van der Waals surface area contributed by atoms with Crippen LogP contribution >= 0.6 is 0 Å². The highest BCUT2D eigenvalue weighted by Crippen LogP contribution is 2.22. The topological polar surface area (TPSA) is 64.0 Å². The van der Waals surface area contributed by atoms with E-state index in [1.54, 1.807) is 10.6 Å². The van der Waals surface area contributed by atoms with E-state index in [-0.39, 0.29) is 11.3 Å². The second kappa shape index (κ2) is 6.51. The molecule has 0 aliphatic carbocycles. The number of hydrogen-bond acceptors (Lipinski definition) is 3. The lowest BCUT2D eigenvalue weighted by Gasteiger charge is -2.14. The van der Waals surface area contributed by atoms with E-state index in [9.17, 15) is 9.59 Å². The van der Waals surface area contributed by atoms with Gasteiger partial charge in [0, 0.05) is 12.2 Å². The van der Waals surface area contributed by atoms with Gasteiger partial charge in [0.15, 0.2) is 5.69 Å². The van der Waals surface area contributed by atoms with Crippen LogP contribution in [0.3, 0.4) is 0 Å². The van der Waals surface area contributed by atoms with Gasteiger partial charge >= 0.3 is 0 Å². The average Bonchev–Trinajstić information content (AvgIpc) is 2.57. The third-order valence-electron chi connectivity index (χ3n) is 4.30. The van der Waals surface area contributed by atoms with Crippen LogP contribution in [0.4, 0.5) is 5.69 Å². The number of para-hydroxylation sites is 2. The van der Waals surface area contributed by atoms with Gasteiger partial charge in [-0.2, -0.15) is 0 Å². The molecule has 2 aromatic carbocycles. The average molecular weight is 335 g/mol. The van der Waals surface area contributed by atoms with E-state index < -0.39 is 5.91 Å². The van der Waals surface area contributed by atoms with E-state index >= 15 is 0 Å². The molecule has 0 aliphatic rings. The third kappa shape index (κ3) is 3.05. The van der Waals surface area contributed by atoms with Gasteiger partial charge in [-0.1, -0.05) is 29.8 Å². The molecular weight excluding hydrogens is 314 g/mol. The van der Waals surface area contributed by atoms with Crippen molar-refractivity contribution in [3.05, 3.63) is 69.1 Å². The first kappa shape index (κ1) is 16.9. The first-order valence-electron chi connectivity index (χ1n) is 8.31. The molecular formula is C20H21N3O2. The Balaban J connectivity index is 2.09. The third-order valence-corrected chi connectivity index (χ3v) is 4.30. The van der Waals surface area contributed by atoms with Crippen molar-refractivity contribution in [1.82, 2.24) is 9.55 Å². The van der Waals surface area contributed by atoms with Crippen molar-refractivity contribution in [2.45, 2.75) is 34.2 Å².